The fraction of sp³-hybridized carbons (Fsp3) is 0.280. The average Bonchev–Trinajstić information content (AvgIpc) is 3.28. The molecule has 3 aromatic heterocycles. The van der Waals surface area contributed by atoms with Gasteiger partial charge in [0.2, 0.25) is 5.95 Å². The van der Waals surface area contributed by atoms with Crippen molar-refractivity contribution in [2.24, 2.45) is 0 Å². The summed E-state index contributed by atoms with van der Waals surface area (Å²) in [5.41, 5.74) is 4.86. The van der Waals surface area contributed by atoms with E-state index in [1.807, 2.05) is 47.4 Å². The van der Waals surface area contributed by atoms with Crippen LogP contribution in [-0.2, 0) is 11.3 Å². The number of hydrogen-bond donors (Lipinski definition) is 2. The first-order valence-electron chi connectivity index (χ1n) is 11.2. The van der Waals surface area contributed by atoms with Crippen LogP contribution in [-0.4, -0.2) is 76.0 Å². The van der Waals surface area contributed by atoms with Crippen molar-refractivity contribution in [2.75, 3.05) is 45.7 Å². The van der Waals surface area contributed by atoms with Crippen LogP contribution in [0.2, 0.25) is 0 Å². The molecule has 1 saturated heterocycles. The van der Waals surface area contributed by atoms with Crippen molar-refractivity contribution < 1.29 is 9.53 Å². The number of carbonyl (C=O) groups is 1. The number of rotatable bonds is 6. The summed E-state index contributed by atoms with van der Waals surface area (Å²) in [5.74, 6) is 0.512. The number of hydrogen-bond acceptors (Lipinski definition) is 7. The van der Waals surface area contributed by atoms with E-state index in [4.69, 9.17) is 4.74 Å². The zero-order chi connectivity index (χ0) is 23.5. The maximum Gasteiger partial charge on any atom is 0.270 e. The molecule has 1 fully saturated rings. The first-order chi connectivity index (χ1) is 16.6. The standard InChI is InChI=1S/C25H27N7O2/c1-31-9-11-32(12-10-31)24(33)23-15-18-14-19(3-4-20(18)29-23)28-25-27-8-6-21(30-25)22-13-17(16-34-2)5-7-26-22/h3-8,13-15,29H,9-12,16H2,1-2H3,(H,27,28,30). The zero-order valence-electron chi connectivity index (χ0n) is 19.3. The summed E-state index contributed by atoms with van der Waals surface area (Å²) in [5, 5.41) is 4.21. The number of ether oxygens (including phenoxy) is 1. The molecule has 9 nitrogen and oxygen atoms in total. The summed E-state index contributed by atoms with van der Waals surface area (Å²) in [4.78, 5) is 33.7. The maximum atomic E-state index is 12.9. The number of methoxy groups -OCH3 is 1. The minimum atomic E-state index is 0.0399. The van der Waals surface area contributed by atoms with E-state index in [-0.39, 0.29) is 5.91 Å². The number of likely N-dealkylation sites (N-methyl/N-ethyl adjacent to an activating group) is 1. The number of aromatic amines is 1. The Balaban J connectivity index is 1.34. The molecule has 4 heterocycles. The second kappa shape index (κ2) is 9.58. The van der Waals surface area contributed by atoms with Gasteiger partial charge < -0.3 is 24.8 Å². The molecule has 0 spiro atoms. The average molecular weight is 458 g/mol. The molecule has 0 radical (unpaired) electrons. The van der Waals surface area contributed by atoms with Crippen molar-refractivity contribution in [2.45, 2.75) is 6.61 Å². The van der Waals surface area contributed by atoms with Gasteiger partial charge in [-0.15, -0.1) is 0 Å². The Morgan fingerprint density at radius 3 is 2.68 bits per heavy atom. The zero-order valence-corrected chi connectivity index (χ0v) is 19.3. The van der Waals surface area contributed by atoms with E-state index in [0.29, 0.717) is 18.2 Å². The van der Waals surface area contributed by atoms with Crippen molar-refractivity contribution in [1.82, 2.24) is 29.7 Å². The maximum absolute atomic E-state index is 12.9. The molecule has 1 aliphatic heterocycles. The Bertz CT molecular complexity index is 1310. The predicted octanol–water partition coefficient (Wildman–Crippen LogP) is 3.30. The number of carbonyl (C=O) groups excluding carboxylic acids is 1. The Labute approximate surface area is 197 Å². The minimum absolute atomic E-state index is 0.0399. The normalized spacial score (nSPS) is 14.5. The topological polar surface area (TPSA) is 99.3 Å². The van der Waals surface area contributed by atoms with Gasteiger partial charge in [0.05, 0.1) is 18.0 Å². The summed E-state index contributed by atoms with van der Waals surface area (Å²) in [6.45, 7) is 3.79. The molecule has 174 valence electrons. The summed E-state index contributed by atoms with van der Waals surface area (Å²) in [7, 11) is 3.74. The van der Waals surface area contributed by atoms with Crippen molar-refractivity contribution in [3.05, 3.63) is 66.1 Å². The fourth-order valence-electron chi connectivity index (χ4n) is 4.07. The molecule has 0 aliphatic carbocycles. The van der Waals surface area contributed by atoms with E-state index >= 15 is 0 Å². The summed E-state index contributed by atoms with van der Waals surface area (Å²) in [6.07, 6.45) is 3.46. The Morgan fingerprint density at radius 2 is 1.85 bits per heavy atom. The summed E-state index contributed by atoms with van der Waals surface area (Å²) < 4.78 is 5.21. The highest BCUT2D eigenvalue weighted by Gasteiger charge is 2.21. The number of benzene rings is 1. The third kappa shape index (κ3) is 4.75. The molecule has 0 saturated carbocycles. The molecule has 0 bridgehead atoms. The molecule has 2 N–H and O–H groups in total. The third-order valence-electron chi connectivity index (χ3n) is 5.95. The predicted molar refractivity (Wildman–Crippen MR) is 131 cm³/mol. The van der Waals surface area contributed by atoms with Gasteiger partial charge in [0, 0.05) is 62.3 Å². The first-order valence-corrected chi connectivity index (χ1v) is 11.2. The van der Waals surface area contributed by atoms with Gasteiger partial charge in [-0.2, -0.15) is 0 Å². The molecule has 4 aromatic rings. The lowest BCUT2D eigenvalue weighted by molar-refractivity contribution is 0.0659. The molecule has 0 unspecified atom stereocenters. The van der Waals surface area contributed by atoms with E-state index in [2.05, 4.69) is 37.2 Å². The second-order valence-corrected chi connectivity index (χ2v) is 8.45. The number of H-pyrrole nitrogens is 1. The van der Waals surface area contributed by atoms with Crippen LogP contribution in [0.4, 0.5) is 11.6 Å². The lowest BCUT2D eigenvalue weighted by Crippen LogP contribution is -2.47. The van der Waals surface area contributed by atoms with Crippen LogP contribution in [0.3, 0.4) is 0 Å². The molecule has 9 heteroatoms. The van der Waals surface area contributed by atoms with Gasteiger partial charge in [0.15, 0.2) is 0 Å². The number of amides is 1. The number of pyridine rings is 1. The Kier molecular flexibility index (Phi) is 6.20. The number of piperazine rings is 1. The van der Waals surface area contributed by atoms with Crippen LogP contribution >= 0.6 is 0 Å². The molecule has 1 amide bonds. The monoisotopic (exact) mass is 457 g/mol. The number of anilines is 2. The molecule has 1 aliphatic rings. The van der Waals surface area contributed by atoms with Crippen molar-refractivity contribution in [3.8, 4) is 11.4 Å². The van der Waals surface area contributed by atoms with Crippen LogP contribution in [0.5, 0.6) is 0 Å². The lowest BCUT2D eigenvalue weighted by Gasteiger charge is -2.32. The Morgan fingerprint density at radius 1 is 1.03 bits per heavy atom. The van der Waals surface area contributed by atoms with Crippen LogP contribution in [0.15, 0.2) is 54.9 Å². The van der Waals surface area contributed by atoms with Crippen LogP contribution < -0.4 is 5.32 Å². The summed E-state index contributed by atoms with van der Waals surface area (Å²) >= 11 is 0. The van der Waals surface area contributed by atoms with Gasteiger partial charge >= 0.3 is 0 Å². The second-order valence-electron chi connectivity index (χ2n) is 8.45. The van der Waals surface area contributed by atoms with Gasteiger partial charge in [-0.1, -0.05) is 0 Å². The number of fused-ring (bicyclic) bond motifs is 1. The highest BCUT2D eigenvalue weighted by Crippen LogP contribution is 2.24. The van der Waals surface area contributed by atoms with E-state index in [1.165, 1.54) is 0 Å². The fourth-order valence-corrected chi connectivity index (χ4v) is 4.07. The molecular formula is C25H27N7O2. The van der Waals surface area contributed by atoms with Crippen LogP contribution in [0, 0.1) is 0 Å². The van der Waals surface area contributed by atoms with E-state index in [1.54, 1.807) is 19.5 Å². The molecule has 1 aromatic carbocycles. The van der Waals surface area contributed by atoms with Crippen molar-refractivity contribution >= 4 is 28.4 Å². The molecule has 34 heavy (non-hydrogen) atoms. The van der Waals surface area contributed by atoms with Crippen LogP contribution in [0.1, 0.15) is 16.1 Å². The number of nitrogens with zero attached hydrogens (tertiary/aromatic N) is 5. The first kappa shape index (κ1) is 22.0. The summed E-state index contributed by atoms with van der Waals surface area (Å²) in [6, 6.07) is 13.5. The molecular weight excluding hydrogens is 430 g/mol. The van der Waals surface area contributed by atoms with Gasteiger partial charge in [0.25, 0.3) is 5.91 Å². The molecule has 5 rings (SSSR count). The van der Waals surface area contributed by atoms with Crippen molar-refractivity contribution in [1.29, 1.82) is 0 Å². The largest absolute Gasteiger partial charge is 0.380 e. The molecule has 0 atom stereocenters. The van der Waals surface area contributed by atoms with E-state index < -0.39 is 0 Å². The van der Waals surface area contributed by atoms with Gasteiger partial charge in [-0.3, -0.25) is 9.78 Å². The van der Waals surface area contributed by atoms with Gasteiger partial charge in [-0.05, 0) is 55.1 Å². The highest BCUT2D eigenvalue weighted by molar-refractivity contribution is 5.98. The Hall–Kier alpha value is -3.82. The third-order valence-corrected chi connectivity index (χ3v) is 5.95. The highest BCUT2D eigenvalue weighted by atomic mass is 16.5. The number of aromatic nitrogens is 4. The minimum Gasteiger partial charge on any atom is -0.380 e. The van der Waals surface area contributed by atoms with Gasteiger partial charge in [-0.25, -0.2) is 9.97 Å². The lowest BCUT2D eigenvalue weighted by atomic mass is 10.2. The van der Waals surface area contributed by atoms with Crippen LogP contribution in [0.25, 0.3) is 22.3 Å². The quantitative estimate of drug-likeness (QED) is 0.458. The smallest absolute Gasteiger partial charge is 0.270 e. The van der Waals surface area contributed by atoms with E-state index in [0.717, 1.165) is 59.7 Å². The van der Waals surface area contributed by atoms with Gasteiger partial charge in [0.1, 0.15) is 5.69 Å². The SMILES string of the molecule is COCc1ccnc(-c2ccnc(Nc3ccc4[nH]c(C(=O)N5CCN(C)CC5)cc4c3)n2)c1. The van der Waals surface area contributed by atoms with Crippen molar-refractivity contribution in [3.63, 3.8) is 0 Å². The number of nitrogens with one attached hydrogen (secondary N) is 2. The van der Waals surface area contributed by atoms with E-state index in [9.17, 15) is 4.79 Å².